The average molecular weight is 296 g/mol. The number of carbonyl (C=O) groups is 1. The molecule has 0 fully saturated rings. The van der Waals surface area contributed by atoms with Crippen LogP contribution in [0.3, 0.4) is 0 Å². The SMILES string of the molecule is CC(c1ccc(Br)cc1)n1cc(C(=O)O)nn1. The van der Waals surface area contributed by atoms with Crippen LogP contribution < -0.4 is 0 Å². The molecule has 0 saturated carbocycles. The van der Waals surface area contributed by atoms with E-state index in [0.29, 0.717) is 0 Å². The quantitative estimate of drug-likeness (QED) is 0.944. The Bertz CT molecular complexity index is 536. The number of benzene rings is 1. The van der Waals surface area contributed by atoms with Crippen molar-refractivity contribution >= 4 is 21.9 Å². The number of aromatic carboxylic acids is 1. The summed E-state index contributed by atoms with van der Waals surface area (Å²) < 4.78 is 2.53. The van der Waals surface area contributed by atoms with E-state index in [0.717, 1.165) is 10.0 Å². The number of halogens is 1. The van der Waals surface area contributed by atoms with Crippen LogP contribution in [0.5, 0.6) is 0 Å². The molecule has 0 spiro atoms. The smallest absolute Gasteiger partial charge is 0.358 e. The Morgan fingerprint density at radius 3 is 2.59 bits per heavy atom. The lowest BCUT2D eigenvalue weighted by Gasteiger charge is -2.11. The zero-order valence-electron chi connectivity index (χ0n) is 9.04. The van der Waals surface area contributed by atoms with Gasteiger partial charge in [-0.2, -0.15) is 0 Å². The van der Waals surface area contributed by atoms with Gasteiger partial charge in [-0.15, -0.1) is 5.10 Å². The zero-order valence-corrected chi connectivity index (χ0v) is 10.6. The molecule has 1 aromatic heterocycles. The van der Waals surface area contributed by atoms with Crippen LogP contribution in [-0.4, -0.2) is 26.1 Å². The Hall–Kier alpha value is -1.69. The third-order valence-corrected chi connectivity index (χ3v) is 3.01. The zero-order chi connectivity index (χ0) is 12.4. The third kappa shape index (κ3) is 2.52. The molecule has 0 radical (unpaired) electrons. The maximum Gasteiger partial charge on any atom is 0.358 e. The summed E-state index contributed by atoms with van der Waals surface area (Å²) in [5, 5.41) is 16.2. The fourth-order valence-corrected chi connectivity index (χ4v) is 1.72. The molecule has 0 aliphatic carbocycles. The Morgan fingerprint density at radius 1 is 1.41 bits per heavy atom. The summed E-state index contributed by atoms with van der Waals surface area (Å²) in [7, 11) is 0. The summed E-state index contributed by atoms with van der Waals surface area (Å²) in [4.78, 5) is 10.7. The summed E-state index contributed by atoms with van der Waals surface area (Å²) in [6.45, 7) is 1.93. The summed E-state index contributed by atoms with van der Waals surface area (Å²) >= 11 is 3.36. The van der Waals surface area contributed by atoms with Crippen molar-refractivity contribution in [3.05, 3.63) is 46.2 Å². The van der Waals surface area contributed by atoms with Crippen LogP contribution in [0.25, 0.3) is 0 Å². The highest BCUT2D eigenvalue weighted by atomic mass is 79.9. The largest absolute Gasteiger partial charge is 0.476 e. The molecule has 1 aromatic carbocycles. The first-order valence-electron chi connectivity index (χ1n) is 4.98. The van der Waals surface area contributed by atoms with Crippen LogP contribution in [-0.2, 0) is 0 Å². The van der Waals surface area contributed by atoms with Gasteiger partial charge in [0.25, 0.3) is 0 Å². The minimum absolute atomic E-state index is 0.0473. The van der Waals surface area contributed by atoms with Gasteiger partial charge in [0.1, 0.15) is 0 Å². The van der Waals surface area contributed by atoms with Gasteiger partial charge < -0.3 is 5.11 Å². The van der Waals surface area contributed by atoms with Crippen LogP contribution in [0, 0.1) is 0 Å². The van der Waals surface area contributed by atoms with Crippen molar-refractivity contribution in [2.75, 3.05) is 0 Å². The predicted octanol–water partition coefficient (Wildman–Crippen LogP) is 2.35. The summed E-state index contributed by atoms with van der Waals surface area (Å²) in [5.41, 5.74) is 0.990. The molecule has 0 aliphatic heterocycles. The lowest BCUT2D eigenvalue weighted by Crippen LogP contribution is -2.07. The van der Waals surface area contributed by atoms with E-state index < -0.39 is 5.97 Å². The van der Waals surface area contributed by atoms with E-state index in [9.17, 15) is 4.79 Å². The standard InChI is InChI=1S/C11H10BrN3O2/c1-7(8-2-4-9(12)5-3-8)15-6-10(11(16)17)13-14-15/h2-7H,1H3,(H,16,17). The number of carboxylic acid groups (broad SMARTS) is 1. The van der Waals surface area contributed by atoms with E-state index in [-0.39, 0.29) is 11.7 Å². The third-order valence-electron chi connectivity index (χ3n) is 2.48. The molecule has 1 N–H and O–H groups in total. The minimum atomic E-state index is -1.07. The molecule has 88 valence electrons. The first-order valence-corrected chi connectivity index (χ1v) is 5.78. The second-order valence-corrected chi connectivity index (χ2v) is 4.53. The lowest BCUT2D eigenvalue weighted by molar-refractivity contribution is 0.0690. The predicted molar refractivity (Wildman–Crippen MR) is 64.9 cm³/mol. The average Bonchev–Trinajstić information content (AvgIpc) is 2.78. The van der Waals surface area contributed by atoms with Crippen molar-refractivity contribution in [1.29, 1.82) is 0 Å². The molecule has 17 heavy (non-hydrogen) atoms. The van der Waals surface area contributed by atoms with Gasteiger partial charge in [0.2, 0.25) is 0 Å². The summed E-state index contributed by atoms with van der Waals surface area (Å²) in [6, 6.07) is 7.72. The molecule has 2 aromatic rings. The normalized spacial score (nSPS) is 12.4. The summed E-state index contributed by atoms with van der Waals surface area (Å²) in [6.07, 6.45) is 1.43. The van der Waals surface area contributed by atoms with E-state index in [1.54, 1.807) is 0 Å². The molecule has 2 rings (SSSR count). The van der Waals surface area contributed by atoms with Gasteiger partial charge in [-0.3, -0.25) is 0 Å². The van der Waals surface area contributed by atoms with Crippen molar-refractivity contribution in [2.45, 2.75) is 13.0 Å². The van der Waals surface area contributed by atoms with E-state index >= 15 is 0 Å². The van der Waals surface area contributed by atoms with E-state index in [1.165, 1.54) is 10.9 Å². The fraction of sp³-hybridized carbons (Fsp3) is 0.182. The van der Waals surface area contributed by atoms with Gasteiger partial charge in [-0.25, -0.2) is 9.48 Å². The van der Waals surface area contributed by atoms with Gasteiger partial charge in [0, 0.05) is 4.47 Å². The topological polar surface area (TPSA) is 68.0 Å². The number of hydrogen-bond acceptors (Lipinski definition) is 3. The minimum Gasteiger partial charge on any atom is -0.476 e. The molecule has 1 unspecified atom stereocenters. The molecule has 5 nitrogen and oxygen atoms in total. The number of nitrogens with zero attached hydrogens (tertiary/aromatic N) is 3. The van der Waals surface area contributed by atoms with Gasteiger partial charge in [-0.05, 0) is 24.6 Å². The van der Waals surface area contributed by atoms with Gasteiger partial charge in [0.05, 0.1) is 12.2 Å². The van der Waals surface area contributed by atoms with Crippen LogP contribution in [0.4, 0.5) is 0 Å². The molecule has 0 bridgehead atoms. The van der Waals surface area contributed by atoms with E-state index in [1.807, 2.05) is 31.2 Å². The number of hydrogen-bond donors (Lipinski definition) is 1. The van der Waals surface area contributed by atoms with E-state index in [2.05, 4.69) is 26.2 Å². The van der Waals surface area contributed by atoms with Crippen LogP contribution in [0.1, 0.15) is 29.0 Å². The van der Waals surface area contributed by atoms with Gasteiger partial charge in [0.15, 0.2) is 5.69 Å². The molecule has 1 heterocycles. The van der Waals surface area contributed by atoms with Crippen molar-refractivity contribution in [3.8, 4) is 0 Å². The van der Waals surface area contributed by atoms with Gasteiger partial charge in [-0.1, -0.05) is 33.3 Å². The monoisotopic (exact) mass is 295 g/mol. The lowest BCUT2D eigenvalue weighted by atomic mass is 10.1. The maximum absolute atomic E-state index is 10.7. The highest BCUT2D eigenvalue weighted by molar-refractivity contribution is 9.10. The van der Waals surface area contributed by atoms with Crippen molar-refractivity contribution in [2.24, 2.45) is 0 Å². The number of carboxylic acids is 1. The van der Waals surface area contributed by atoms with Crippen LogP contribution in [0.15, 0.2) is 34.9 Å². The van der Waals surface area contributed by atoms with Crippen molar-refractivity contribution < 1.29 is 9.90 Å². The fourth-order valence-electron chi connectivity index (χ4n) is 1.46. The first kappa shape index (κ1) is 11.8. The van der Waals surface area contributed by atoms with Gasteiger partial charge >= 0.3 is 5.97 Å². The second kappa shape index (κ2) is 4.67. The summed E-state index contributed by atoms with van der Waals surface area (Å²) in [5.74, 6) is -1.07. The highest BCUT2D eigenvalue weighted by Crippen LogP contribution is 2.19. The Kier molecular flexibility index (Phi) is 3.23. The number of rotatable bonds is 3. The maximum atomic E-state index is 10.7. The first-order chi connectivity index (χ1) is 8.08. The molecule has 0 aliphatic rings. The van der Waals surface area contributed by atoms with Crippen molar-refractivity contribution in [1.82, 2.24) is 15.0 Å². The highest BCUT2D eigenvalue weighted by Gasteiger charge is 2.13. The number of aromatic nitrogens is 3. The second-order valence-electron chi connectivity index (χ2n) is 3.62. The Morgan fingerprint density at radius 2 is 2.06 bits per heavy atom. The van der Waals surface area contributed by atoms with E-state index in [4.69, 9.17) is 5.11 Å². The van der Waals surface area contributed by atoms with Crippen molar-refractivity contribution in [3.63, 3.8) is 0 Å². The molecular formula is C11H10BrN3O2. The Labute approximate surface area is 106 Å². The van der Waals surface area contributed by atoms with Crippen LogP contribution in [0.2, 0.25) is 0 Å². The molecule has 0 saturated heterocycles. The molecule has 6 heteroatoms. The molecular weight excluding hydrogens is 286 g/mol. The Balaban J connectivity index is 2.27. The molecule has 0 amide bonds. The van der Waals surface area contributed by atoms with Crippen LogP contribution >= 0.6 is 15.9 Å². The molecule has 1 atom stereocenters.